The highest BCUT2D eigenvalue weighted by atomic mass is 16.5. The van der Waals surface area contributed by atoms with Crippen LogP contribution >= 0.6 is 0 Å². The van der Waals surface area contributed by atoms with Crippen LogP contribution < -0.4 is 15.0 Å². The van der Waals surface area contributed by atoms with Gasteiger partial charge in [0.05, 0.1) is 32.2 Å². The minimum atomic E-state index is -0.816. The van der Waals surface area contributed by atoms with Crippen molar-refractivity contribution in [2.45, 2.75) is 19.1 Å². The lowest BCUT2D eigenvalue weighted by atomic mass is 10.1. The first-order valence-corrected chi connectivity index (χ1v) is 6.82. The van der Waals surface area contributed by atoms with E-state index in [9.17, 15) is 9.90 Å². The number of aromatic nitrogens is 2. The fourth-order valence-electron chi connectivity index (χ4n) is 2.19. The van der Waals surface area contributed by atoms with E-state index < -0.39 is 6.10 Å². The highest BCUT2D eigenvalue weighted by molar-refractivity contribution is 5.44. The largest absolute Gasteiger partial charge is 0.490 e. The summed E-state index contributed by atoms with van der Waals surface area (Å²) in [6.07, 6.45) is 2.86. The maximum Gasteiger partial charge on any atom is 0.253 e. The summed E-state index contributed by atoms with van der Waals surface area (Å²) < 4.78 is 12.5. The number of benzene rings is 1. The lowest BCUT2D eigenvalue weighted by Crippen LogP contribution is -2.22. The molecular weight excluding hydrogens is 272 g/mol. The van der Waals surface area contributed by atoms with Gasteiger partial charge in [-0.15, -0.1) is 0 Å². The minimum Gasteiger partial charge on any atom is -0.490 e. The second-order valence-corrected chi connectivity index (χ2v) is 4.84. The number of hydrogen-bond acceptors (Lipinski definition) is 5. The van der Waals surface area contributed by atoms with Crippen molar-refractivity contribution < 1.29 is 14.6 Å². The molecule has 6 nitrogen and oxygen atoms in total. The molecule has 0 radical (unpaired) electrons. The zero-order valence-electron chi connectivity index (χ0n) is 11.4. The summed E-state index contributed by atoms with van der Waals surface area (Å²) >= 11 is 0. The summed E-state index contributed by atoms with van der Waals surface area (Å²) in [5.74, 6) is 1.31. The molecule has 1 unspecified atom stereocenters. The van der Waals surface area contributed by atoms with E-state index in [1.807, 2.05) is 0 Å². The molecule has 1 N–H and O–H groups in total. The molecule has 21 heavy (non-hydrogen) atoms. The van der Waals surface area contributed by atoms with Crippen LogP contribution in [-0.2, 0) is 6.54 Å². The van der Waals surface area contributed by atoms with Crippen molar-refractivity contribution in [2.24, 2.45) is 0 Å². The summed E-state index contributed by atoms with van der Waals surface area (Å²) in [5, 5.41) is 10.3. The molecule has 0 saturated carbocycles. The molecule has 3 rings (SSSR count). The van der Waals surface area contributed by atoms with Crippen molar-refractivity contribution in [3.8, 4) is 11.5 Å². The van der Waals surface area contributed by atoms with Gasteiger partial charge in [-0.05, 0) is 17.7 Å². The van der Waals surface area contributed by atoms with E-state index in [1.54, 1.807) is 18.2 Å². The fourth-order valence-corrected chi connectivity index (χ4v) is 2.19. The lowest BCUT2D eigenvalue weighted by molar-refractivity contribution is 0.154. The van der Waals surface area contributed by atoms with Crippen LogP contribution in [0.5, 0.6) is 11.5 Å². The Balaban J connectivity index is 1.82. The Kier molecular flexibility index (Phi) is 3.87. The molecule has 110 valence electrons. The SMILES string of the molecule is O=c1ccncn1CC(O)c1ccc2c(c1)OCCCO2. The second kappa shape index (κ2) is 5.97. The van der Waals surface area contributed by atoms with E-state index in [2.05, 4.69) is 4.98 Å². The lowest BCUT2D eigenvalue weighted by Gasteiger charge is -2.15. The number of aliphatic hydroxyl groups excluding tert-OH is 1. The quantitative estimate of drug-likeness (QED) is 0.916. The molecule has 0 fully saturated rings. The zero-order valence-corrected chi connectivity index (χ0v) is 11.4. The first-order valence-electron chi connectivity index (χ1n) is 6.82. The number of nitrogens with zero attached hydrogens (tertiary/aromatic N) is 2. The van der Waals surface area contributed by atoms with Gasteiger partial charge in [-0.25, -0.2) is 4.98 Å². The van der Waals surface area contributed by atoms with Crippen LogP contribution in [0.15, 0.2) is 41.6 Å². The molecule has 0 aliphatic carbocycles. The molecule has 0 saturated heterocycles. The summed E-state index contributed by atoms with van der Waals surface area (Å²) in [7, 11) is 0. The van der Waals surface area contributed by atoms with Crippen molar-refractivity contribution in [2.75, 3.05) is 13.2 Å². The molecule has 6 heteroatoms. The minimum absolute atomic E-state index is 0.145. The Hall–Kier alpha value is -2.34. The molecule has 1 aliphatic heterocycles. The van der Waals surface area contributed by atoms with Crippen molar-refractivity contribution in [1.82, 2.24) is 9.55 Å². The Labute approximate surface area is 121 Å². The van der Waals surface area contributed by atoms with Gasteiger partial charge in [0.1, 0.15) is 0 Å². The van der Waals surface area contributed by atoms with Gasteiger partial charge < -0.3 is 14.6 Å². The van der Waals surface area contributed by atoms with Crippen molar-refractivity contribution in [3.63, 3.8) is 0 Å². The molecular formula is C15H16N2O4. The highest BCUT2D eigenvalue weighted by Gasteiger charge is 2.15. The third kappa shape index (κ3) is 3.05. The Bertz CT molecular complexity index is 683. The highest BCUT2D eigenvalue weighted by Crippen LogP contribution is 2.32. The van der Waals surface area contributed by atoms with Gasteiger partial charge in [0.2, 0.25) is 0 Å². The monoisotopic (exact) mass is 288 g/mol. The van der Waals surface area contributed by atoms with Gasteiger partial charge in [0.15, 0.2) is 11.5 Å². The number of aliphatic hydroxyl groups is 1. The molecule has 2 aromatic rings. The number of hydrogen-bond donors (Lipinski definition) is 1. The van der Waals surface area contributed by atoms with Crippen molar-refractivity contribution >= 4 is 0 Å². The molecule has 1 aromatic heterocycles. The summed E-state index contributed by atoms with van der Waals surface area (Å²) in [6, 6.07) is 6.68. The number of fused-ring (bicyclic) bond motifs is 1. The number of ether oxygens (including phenoxy) is 2. The zero-order chi connectivity index (χ0) is 14.7. The normalized spacial score (nSPS) is 15.3. The fraction of sp³-hybridized carbons (Fsp3) is 0.333. The Morgan fingerprint density at radius 2 is 2.05 bits per heavy atom. The van der Waals surface area contributed by atoms with Gasteiger partial charge in [-0.2, -0.15) is 0 Å². The standard InChI is InChI=1S/C15H16N2O4/c18-12(9-17-10-16-5-4-15(17)19)11-2-3-13-14(8-11)21-7-1-6-20-13/h2-5,8,10,12,18H,1,6-7,9H2. The van der Waals surface area contributed by atoms with Crippen LogP contribution in [-0.4, -0.2) is 27.9 Å². The van der Waals surface area contributed by atoms with Gasteiger partial charge in [0.25, 0.3) is 5.56 Å². The van der Waals surface area contributed by atoms with Crippen LogP contribution in [0.25, 0.3) is 0 Å². The maximum absolute atomic E-state index is 11.6. The average molecular weight is 288 g/mol. The first-order chi connectivity index (χ1) is 10.2. The molecule has 0 bridgehead atoms. The molecule has 0 spiro atoms. The van der Waals surface area contributed by atoms with Gasteiger partial charge in [0, 0.05) is 18.7 Å². The summed E-state index contributed by atoms with van der Waals surface area (Å²) in [5.41, 5.74) is 0.480. The predicted molar refractivity (Wildman–Crippen MR) is 75.5 cm³/mol. The van der Waals surface area contributed by atoms with Crippen molar-refractivity contribution in [3.05, 3.63) is 52.7 Å². The van der Waals surface area contributed by atoms with E-state index >= 15 is 0 Å². The van der Waals surface area contributed by atoms with Crippen LogP contribution in [0, 0.1) is 0 Å². The Morgan fingerprint density at radius 3 is 2.86 bits per heavy atom. The van der Waals surface area contributed by atoms with E-state index in [-0.39, 0.29) is 12.1 Å². The maximum atomic E-state index is 11.6. The molecule has 1 atom stereocenters. The van der Waals surface area contributed by atoms with Gasteiger partial charge >= 0.3 is 0 Å². The topological polar surface area (TPSA) is 73.6 Å². The third-order valence-electron chi connectivity index (χ3n) is 3.32. The Morgan fingerprint density at radius 1 is 1.24 bits per heavy atom. The molecule has 0 amide bonds. The van der Waals surface area contributed by atoms with Gasteiger partial charge in [-0.1, -0.05) is 6.07 Å². The second-order valence-electron chi connectivity index (χ2n) is 4.84. The molecule has 1 aliphatic rings. The molecule has 2 heterocycles. The van der Waals surface area contributed by atoms with Gasteiger partial charge in [-0.3, -0.25) is 9.36 Å². The third-order valence-corrected chi connectivity index (χ3v) is 3.32. The van der Waals surface area contributed by atoms with E-state index in [0.29, 0.717) is 30.3 Å². The smallest absolute Gasteiger partial charge is 0.253 e. The summed E-state index contributed by atoms with van der Waals surface area (Å²) in [6.45, 7) is 1.36. The molecule has 1 aromatic carbocycles. The predicted octanol–water partition coefficient (Wildman–Crippen LogP) is 1.14. The van der Waals surface area contributed by atoms with E-state index in [1.165, 1.54) is 23.2 Å². The van der Waals surface area contributed by atoms with Crippen LogP contribution in [0.1, 0.15) is 18.1 Å². The van der Waals surface area contributed by atoms with E-state index in [0.717, 1.165) is 6.42 Å². The number of rotatable bonds is 3. The van der Waals surface area contributed by atoms with Crippen LogP contribution in [0.4, 0.5) is 0 Å². The van der Waals surface area contributed by atoms with Crippen molar-refractivity contribution in [1.29, 1.82) is 0 Å². The average Bonchev–Trinajstić information content (AvgIpc) is 2.74. The summed E-state index contributed by atoms with van der Waals surface area (Å²) in [4.78, 5) is 15.5. The first kappa shape index (κ1) is 13.6. The van der Waals surface area contributed by atoms with Crippen LogP contribution in [0.3, 0.4) is 0 Å². The van der Waals surface area contributed by atoms with E-state index in [4.69, 9.17) is 9.47 Å². The van der Waals surface area contributed by atoms with Crippen LogP contribution in [0.2, 0.25) is 0 Å².